The lowest BCUT2D eigenvalue weighted by Gasteiger charge is -2.04. The van der Waals surface area contributed by atoms with Crippen LogP contribution in [0.4, 0.5) is 10.1 Å². The number of carbonyl (C=O) groups is 1. The van der Waals surface area contributed by atoms with Crippen molar-refractivity contribution in [2.45, 2.75) is 0 Å². The molecular formula is C19H14FN5O. The van der Waals surface area contributed by atoms with Gasteiger partial charge in [-0.1, -0.05) is 12.1 Å². The third-order valence-corrected chi connectivity index (χ3v) is 3.92. The summed E-state index contributed by atoms with van der Waals surface area (Å²) in [5.41, 5.74) is 4.16. The molecule has 0 unspecified atom stereocenters. The molecule has 0 aliphatic carbocycles. The number of aromatic amines is 2. The number of hydrogen-bond donors (Lipinski definition) is 3. The Hall–Kier alpha value is -3.74. The highest BCUT2D eigenvalue weighted by Crippen LogP contribution is 2.21. The van der Waals surface area contributed by atoms with E-state index in [4.69, 9.17) is 0 Å². The van der Waals surface area contributed by atoms with Crippen LogP contribution in [0.15, 0.2) is 66.9 Å². The smallest absolute Gasteiger partial charge is 0.273 e. The molecule has 6 nitrogen and oxygen atoms in total. The molecule has 7 heteroatoms. The molecule has 0 bridgehead atoms. The van der Waals surface area contributed by atoms with E-state index < -0.39 is 0 Å². The van der Waals surface area contributed by atoms with Gasteiger partial charge in [0.25, 0.3) is 5.91 Å². The van der Waals surface area contributed by atoms with Gasteiger partial charge in [0.2, 0.25) is 0 Å². The molecule has 2 aromatic heterocycles. The van der Waals surface area contributed by atoms with Crippen LogP contribution >= 0.6 is 0 Å². The lowest BCUT2D eigenvalue weighted by molar-refractivity contribution is 0.102. The van der Waals surface area contributed by atoms with E-state index in [1.165, 1.54) is 12.1 Å². The molecular weight excluding hydrogens is 333 g/mol. The first-order valence-corrected chi connectivity index (χ1v) is 7.91. The second kappa shape index (κ2) is 6.64. The van der Waals surface area contributed by atoms with Crippen molar-refractivity contribution < 1.29 is 9.18 Å². The molecule has 0 saturated carbocycles. The Kier molecular flexibility index (Phi) is 4.03. The van der Waals surface area contributed by atoms with Crippen molar-refractivity contribution >= 4 is 11.6 Å². The Morgan fingerprint density at radius 3 is 2.35 bits per heavy atom. The van der Waals surface area contributed by atoms with Crippen LogP contribution in [-0.2, 0) is 0 Å². The highest BCUT2D eigenvalue weighted by Gasteiger charge is 2.11. The predicted molar refractivity (Wildman–Crippen MR) is 96.0 cm³/mol. The summed E-state index contributed by atoms with van der Waals surface area (Å²) >= 11 is 0. The van der Waals surface area contributed by atoms with E-state index in [9.17, 15) is 9.18 Å². The molecule has 0 aliphatic heterocycles. The van der Waals surface area contributed by atoms with Gasteiger partial charge in [-0.05, 0) is 54.1 Å². The fourth-order valence-corrected chi connectivity index (χ4v) is 2.55. The summed E-state index contributed by atoms with van der Waals surface area (Å²) < 4.78 is 13.0. The van der Waals surface area contributed by atoms with E-state index in [0.29, 0.717) is 17.1 Å². The lowest BCUT2D eigenvalue weighted by Crippen LogP contribution is -2.12. The predicted octanol–water partition coefficient (Wildman–Crippen LogP) is 3.86. The second-order valence-corrected chi connectivity index (χ2v) is 5.68. The Morgan fingerprint density at radius 2 is 1.65 bits per heavy atom. The van der Waals surface area contributed by atoms with Crippen molar-refractivity contribution in [3.05, 3.63) is 78.4 Å². The first kappa shape index (κ1) is 15.8. The summed E-state index contributed by atoms with van der Waals surface area (Å²) in [5.74, 6) is -0.624. The number of nitrogens with zero attached hydrogens (tertiary/aromatic N) is 2. The van der Waals surface area contributed by atoms with Crippen molar-refractivity contribution in [1.82, 2.24) is 20.4 Å². The van der Waals surface area contributed by atoms with Crippen LogP contribution in [0.2, 0.25) is 0 Å². The third-order valence-electron chi connectivity index (χ3n) is 3.92. The monoisotopic (exact) mass is 347 g/mol. The molecule has 0 radical (unpaired) electrons. The van der Waals surface area contributed by atoms with Crippen LogP contribution in [0, 0.1) is 5.82 Å². The molecule has 3 N–H and O–H groups in total. The van der Waals surface area contributed by atoms with Gasteiger partial charge in [0, 0.05) is 17.4 Å². The van der Waals surface area contributed by atoms with E-state index >= 15 is 0 Å². The Bertz CT molecular complexity index is 1020. The van der Waals surface area contributed by atoms with Gasteiger partial charge < -0.3 is 5.32 Å². The number of anilines is 1. The molecule has 0 aliphatic rings. The summed E-state index contributed by atoms with van der Waals surface area (Å²) in [7, 11) is 0. The van der Waals surface area contributed by atoms with Gasteiger partial charge in [0.15, 0.2) is 0 Å². The zero-order valence-electron chi connectivity index (χ0n) is 13.5. The SMILES string of the molecule is O=C(Nc1ccc(-c2ccn[nH]2)cc1)c1cc(-c2ccc(F)cc2)n[nH]1. The van der Waals surface area contributed by atoms with Gasteiger partial charge >= 0.3 is 0 Å². The number of nitrogens with one attached hydrogen (secondary N) is 3. The maximum atomic E-state index is 13.0. The second-order valence-electron chi connectivity index (χ2n) is 5.68. The summed E-state index contributed by atoms with van der Waals surface area (Å²) in [4.78, 5) is 12.4. The van der Waals surface area contributed by atoms with E-state index in [0.717, 1.165) is 16.8 Å². The van der Waals surface area contributed by atoms with E-state index in [1.807, 2.05) is 30.3 Å². The van der Waals surface area contributed by atoms with Crippen molar-refractivity contribution in [3.8, 4) is 22.5 Å². The van der Waals surface area contributed by atoms with Crippen molar-refractivity contribution in [1.29, 1.82) is 0 Å². The number of H-pyrrole nitrogens is 2. The van der Waals surface area contributed by atoms with Crippen molar-refractivity contribution in [2.75, 3.05) is 5.32 Å². The molecule has 0 fully saturated rings. The lowest BCUT2D eigenvalue weighted by atomic mass is 10.1. The molecule has 26 heavy (non-hydrogen) atoms. The molecule has 0 atom stereocenters. The maximum Gasteiger partial charge on any atom is 0.273 e. The molecule has 128 valence electrons. The van der Waals surface area contributed by atoms with Gasteiger partial charge in [0.1, 0.15) is 11.5 Å². The summed E-state index contributed by atoms with van der Waals surface area (Å²) in [6.07, 6.45) is 1.68. The van der Waals surface area contributed by atoms with Gasteiger partial charge in [-0.2, -0.15) is 10.2 Å². The van der Waals surface area contributed by atoms with Crippen molar-refractivity contribution in [2.24, 2.45) is 0 Å². The van der Waals surface area contributed by atoms with Crippen LogP contribution < -0.4 is 5.32 Å². The normalized spacial score (nSPS) is 10.7. The number of amides is 1. The molecule has 0 saturated heterocycles. The first-order valence-electron chi connectivity index (χ1n) is 7.91. The zero-order chi connectivity index (χ0) is 17.9. The van der Waals surface area contributed by atoms with Gasteiger partial charge in [-0.15, -0.1) is 0 Å². The number of hydrogen-bond acceptors (Lipinski definition) is 3. The van der Waals surface area contributed by atoms with E-state index in [2.05, 4.69) is 25.7 Å². The number of benzene rings is 2. The topological polar surface area (TPSA) is 86.5 Å². The minimum Gasteiger partial charge on any atom is -0.321 e. The third kappa shape index (κ3) is 3.23. The minimum absolute atomic E-state index is 0.305. The Labute approximate surface area is 148 Å². The molecule has 4 aromatic rings. The van der Waals surface area contributed by atoms with Gasteiger partial charge in [0.05, 0.1) is 11.4 Å². The Balaban J connectivity index is 1.47. The average Bonchev–Trinajstić information content (AvgIpc) is 3.35. The standard InChI is InChI=1S/C19H14FN5O/c20-14-5-1-13(2-6-14)17-11-18(25-24-17)19(26)22-15-7-3-12(4-8-15)16-9-10-21-23-16/h1-11H,(H,21,23)(H,22,26)(H,24,25). The summed E-state index contributed by atoms with van der Waals surface area (Å²) in [6, 6.07) is 16.8. The van der Waals surface area contributed by atoms with Crippen LogP contribution in [0.25, 0.3) is 22.5 Å². The average molecular weight is 347 g/mol. The number of halogens is 1. The largest absolute Gasteiger partial charge is 0.321 e. The fourth-order valence-electron chi connectivity index (χ4n) is 2.55. The molecule has 1 amide bonds. The molecule has 4 rings (SSSR count). The Morgan fingerprint density at radius 1 is 0.923 bits per heavy atom. The van der Waals surface area contributed by atoms with Crippen LogP contribution in [0.3, 0.4) is 0 Å². The zero-order valence-corrected chi connectivity index (χ0v) is 13.5. The van der Waals surface area contributed by atoms with E-state index in [-0.39, 0.29) is 11.7 Å². The highest BCUT2D eigenvalue weighted by atomic mass is 19.1. The van der Waals surface area contributed by atoms with Gasteiger partial charge in [-0.3, -0.25) is 15.0 Å². The quantitative estimate of drug-likeness (QED) is 0.524. The maximum absolute atomic E-state index is 13.0. The van der Waals surface area contributed by atoms with Crippen molar-refractivity contribution in [3.63, 3.8) is 0 Å². The first-order chi connectivity index (χ1) is 12.7. The van der Waals surface area contributed by atoms with Crippen LogP contribution in [0.5, 0.6) is 0 Å². The number of carbonyl (C=O) groups excluding carboxylic acids is 1. The minimum atomic E-state index is -0.319. The summed E-state index contributed by atoms with van der Waals surface area (Å²) in [5, 5.41) is 16.4. The van der Waals surface area contributed by atoms with Crippen LogP contribution in [-0.4, -0.2) is 26.3 Å². The number of aromatic nitrogens is 4. The molecule has 0 spiro atoms. The number of rotatable bonds is 4. The molecule has 2 aromatic carbocycles. The van der Waals surface area contributed by atoms with Gasteiger partial charge in [-0.25, -0.2) is 4.39 Å². The fraction of sp³-hybridized carbons (Fsp3) is 0. The van der Waals surface area contributed by atoms with Crippen LogP contribution in [0.1, 0.15) is 10.5 Å². The van der Waals surface area contributed by atoms with E-state index in [1.54, 1.807) is 24.4 Å². The highest BCUT2D eigenvalue weighted by molar-refractivity contribution is 6.03. The summed E-state index contributed by atoms with van der Waals surface area (Å²) in [6.45, 7) is 0. The molecule has 2 heterocycles.